The second-order valence-corrected chi connectivity index (χ2v) is 8.45. The number of halogens is 1. The summed E-state index contributed by atoms with van der Waals surface area (Å²) in [5, 5.41) is 6.74. The molecule has 4 aromatic rings. The summed E-state index contributed by atoms with van der Waals surface area (Å²) >= 11 is 3.65. The molecule has 0 saturated carbocycles. The van der Waals surface area contributed by atoms with Gasteiger partial charge < -0.3 is 19.6 Å². The van der Waals surface area contributed by atoms with Crippen LogP contribution in [0.4, 0.5) is 0 Å². The molecule has 0 unspecified atom stereocenters. The van der Waals surface area contributed by atoms with Crippen molar-refractivity contribution in [1.29, 1.82) is 0 Å². The number of methoxy groups -OCH3 is 1. The molecule has 0 radical (unpaired) electrons. The Bertz CT molecular complexity index is 1280. The van der Waals surface area contributed by atoms with Crippen molar-refractivity contribution in [2.45, 2.75) is 20.1 Å². The molecule has 5 nitrogen and oxygen atoms in total. The smallest absolute Gasteiger partial charge is 0.175 e. The third-order valence-corrected chi connectivity index (χ3v) is 5.94. The molecular formula is C28H27BrN2O3. The third-order valence-electron chi connectivity index (χ3n) is 5.35. The van der Waals surface area contributed by atoms with Crippen LogP contribution in [0.2, 0.25) is 0 Å². The monoisotopic (exact) mass is 518 g/mol. The minimum atomic E-state index is 0.438. The number of hydrazone groups is 1. The number of rotatable bonds is 10. The lowest BCUT2D eigenvalue weighted by Gasteiger charge is -2.15. The maximum absolute atomic E-state index is 6.23. The number of hydrogen-bond donors (Lipinski definition) is 1. The van der Waals surface area contributed by atoms with Gasteiger partial charge in [-0.2, -0.15) is 5.10 Å². The molecule has 0 heterocycles. The molecule has 0 aromatic heterocycles. The normalized spacial score (nSPS) is 11.0. The number of hydrogen-bond acceptors (Lipinski definition) is 5. The molecule has 0 bridgehead atoms. The van der Waals surface area contributed by atoms with Gasteiger partial charge in [-0.3, -0.25) is 0 Å². The van der Waals surface area contributed by atoms with Crippen molar-refractivity contribution < 1.29 is 14.2 Å². The van der Waals surface area contributed by atoms with Gasteiger partial charge >= 0.3 is 0 Å². The number of ether oxygens (including phenoxy) is 3. The van der Waals surface area contributed by atoms with Gasteiger partial charge in [0.05, 0.1) is 30.9 Å². The average molecular weight is 519 g/mol. The summed E-state index contributed by atoms with van der Waals surface area (Å²) in [5.41, 5.74) is 6.13. The van der Waals surface area contributed by atoms with Gasteiger partial charge in [0.2, 0.25) is 0 Å². The first kappa shape index (κ1) is 23.6. The summed E-state index contributed by atoms with van der Waals surface area (Å²) in [6.07, 6.45) is 1.76. The second-order valence-electron chi connectivity index (χ2n) is 7.59. The maximum Gasteiger partial charge on any atom is 0.175 e. The summed E-state index contributed by atoms with van der Waals surface area (Å²) in [6.45, 7) is 3.49. The molecule has 4 rings (SSSR count). The molecule has 0 saturated heterocycles. The minimum absolute atomic E-state index is 0.438. The van der Waals surface area contributed by atoms with Crippen molar-refractivity contribution >= 4 is 32.9 Å². The Morgan fingerprint density at radius 3 is 2.50 bits per heavy atom. The Kier molecular flexibility index (Phi) is 8.04. The van der Waals surface area contributed by atoms with Crippen LogP contribution in [0.1, 0.15) is 23.6 Å². The van der Waals surface area contributed by atoms with E-state index in [2.05, 4.69) is 56.8 Å². The number of nitrogens with one attached hydrogen (secondary N) is 1. The molecule has 0 amide bonds. The predicted molar refractivity (Wildman–Crippen MR) is 141 cm³/mol. The largest absolute Gasteiger partial charge is 0.496 e. The molecule has 174 valence electrons. The molecule has 4 aromatic carbocycles. The molecular weight excluding hydrogens is 492 g/mol. The van der Waals surface area contributed by atoms with Crippen LogP contribution in [0.25, 0.3) is 10.8 Å². The lowest BCUT2D eigenvalue weighted by atomic mass is 10.1. The van der Waals surface area contributed by atoms with Crippen molar-refractivity contribution in [3.63, 3.8) is 0 Å². The molecule has 0 aliphatic heterocycles. The van der Waals surface area contributed by atoms with Gasteiger partial charge in [-0.1, -0.05) is 60.7 Å². The van der Waals surface area contributed by atoms with Gasteiger partial charge in [-0.25, -0.2) is 0 Å². The standard InChI is InChI=1S/C28H27BrN2O3/c1-3-33-27-16-20(17-30-31-18-22-10-5-7-14-26(22)32-2)15-25(29)28(27)34-19-23-12-8-11-21-9-4-6-13-24(21)23/h4-17,31H,3,18-19H2,1-2H3/b30-17+. The van der Waals surface area contributed by atoms with Crippen LogP contribution in [0.5, 0.6) is 17.2 Å². The summed E-state index contributed by atoms with van der Waals surface area (Å²) in [7, 11) is 1.67. The van der Waals surface area contributed by atoms with E-state index in [1.54, 1.807) is 13.3 Å². The van der Waals surface area contributed by atoms with Gasteiger partial charge in [0, 0.05) is 5.56 Å². The molecule has 0 aliphatic carbocycles. The highest BCUT2D eigenvalue weighted by atomic mass is 79.9. The first-order valence-electron chi connectivity index (χ1n) is 11.1. The Hall–Kier alpha value is -3.51. The first-order valence-corrected chi connectivity index (χ1v) is 11.9. The molecule has 0 aliphatic rings. The minimum Gasteiger partial charge on any atom is -0.496 e. The predicted octanol–water partition coefficient (Wildman–Crippen LogP) is 6.71. The topological polar surface area (TPSA) is 52.1 Å². The highest BCUT2D eigenvalue weighted by Gasteiger charge is 2.13. The highest BCUT2D eigenvalue weighted by Crippen LogP contribution is 2.37. The van der Waals surface area contributed by atoms with Crippen molar-refractivity contribution in [3.8, 4) is 17.2 Å². The lowest BCUT2D eigenvalue weighted by Crippen LogP contribution is -2.07. The van der Waals surface area contributed by atoms with Crippen LogP contribution in [0, 0.1) is 0 Å². The Morgan fingerprint density at radius 1 is 0.882 bits per heavy atom. The van der Waals surface area contributed by atoms with Crippen LogP contribution in [0.3, 0.4) is 0 Å². The molecule has 6 heteroatoms. The molecule has 0 fully saturated rings. The van der Waals surface area contributed by atoms with E-state index in [1.807, 2.05) is 55.5 Å². The number of fused-ring (bicyclic) bond motifs is 1. The fraction of sp³-hybridized carbons (Fsp3) is 0.179. The van der Waals surface area contributed by atoms with E-state index in [4.69, 9.17) is 14.2 Å². The van der Waals surface area contributed by atoms with Crippen molar-refractivity contribution in [1.82, 2.24) is 5.43 Å². The van der Waals surface area contributed by atoms with E-state index in [0.717, 1.165) is 26.9 Å². The van der Waals surface area contributed by atoms with Crippen LogP contribution < -0.4 is 19.6 Å². The van der Waals surface area contributed by atoms with E-state index in [0.29, 0.717) is 31.3 Å². The van der Waals surface area contributed by atoms with E-state index in [9.17, 15) is 0 Å². The molecule has 34 heavy (non-hydrogen) atoms. The molecule has 1 N–H and O–H groups in total. The highest BCUT2D eigenvalue weighted by molar-refractivity contribution is 9.10. The van der Waals surface area contributed by atoms with Gasteiger partial charge in [0.15, 0.2) is 11.5 Å². The zero-order chi connectivity index (χ0) is 23.8. The van der Waals surface area contributed by atoms with Crippen LogP contribution >= 0.6 is 15.9 Å². The quantitative estimate of drug-likeness (QED) is 0.187. The molecule has 0 spiro atoms. The molecule has 0 atom stereocenters. The number of para-hydroxylation sites is 1. The third kappa shape index (κ3) is 5.69. The summed E-state index contributed by atoms with van der Waals surface area (Å²) < 4.78 is 18.3. The average Bonchev–Trinajstić information content (AvgIpc) is 2.86. The van der Waals surface area contributed by atoms with Crippen LogP contribution in [0.15, 0.2) is 88.4 Å². The summed E-state index contributed by atoms with van der Waals surface area (Å²) in [4.78, 5) is 0. The first-order chi connectivity index (χ1) is 16.7. The van der Waals surface area contributed by atoms with Gasteiger partial charge in [0.1, 0.15) is 12.4 Å². The van der Waals surface area contributed by atoms with Gasteiger partial charge in [0.25, 0.3) is 0 Å². The fourth-order valence-electron chi connectivity index (χ4n) is 3.73. The SMILES string of the molecule is CCOc1cc(/C=N/NCc2ccccc2OC)cc(Br)c1OCc1cccc2ccccc12. The van der Waals surface area contributed by atoms with Crippen molar-refractivity contribution in [2.75, 3.05) is 13.7 Å². The Labute approximate surface area is 208 Å². The fourth-order valence-corrected chi connectivity index (χ4v) is 4.31. The van der Waals surface area contributed by atoms with E-state index < -0.39 is 0 Å². The Morgan fingerprint density at radius 2 is 1.65 bits per heavy atom. The lowest BCUT2D eigenvalue weighted by molar-refractivity contribution is 0.268. The Balaban J connectivity index is 1.48. The van der Waals surface area contributed by atoms with Gasteiger partial charge in [-0.15, -0.1) is 0 Å². The number of benzene rings is 4. The van der Waals surface area contributed by atoms with E-state index in [-0.39, 0.29) is 0 Å². The van der Waals surface area contributed by atoms with Crippen LogP contribution in [-0.4, -0.2) is 19.9 Å². The van der Waals surface area contributed by atoms with Crippen LogP contribution in [-0.2, 0) is 13.2 Å². The van der Waals surface area contributed by atoms with Crippen molar-refractivity contribution in [2.24, 2.45) is 5.10 Å². The second kappa shape index (κ2) is 11.6. The van der Waals surface area contributed by atoms with E-state index >= 15 is 0 Å². The van der Waals surface area contributed by atoms with Gasteiger partial charge in [-0.05, 0) is 63.0 Å². The van der Waals surface area contributed by atoms with E-state index in [1.165, 1.54) is 10.8 Å². The zero-order valence-corrected chi connectivity index (χ0v) is 20.8. The number of nitrogens with zero attached hydrogens (tertiary/aromatic N) is 1. The summed E-state index contributed by atoms with van der Waals surface area (Å²) in [5.74, 6) is 2.18. The summed E-state index contributed by atoms with van der Waals surface area (Å²) in [6, 6.07) is 26.3. The maximum atomic E-state index is 6.23. The zero-order valence-electron chi connectivity index (χ0n) is 19.3. The van der Waals surface area contributed by atoms with Crippen molar-refractivity contribution in [3.05, 3.63) is 100 Å².